The smallest absolute Gasteiger partial charge is 0.233 e. The van der Waals surface area contributed by atoms with Crippen LogP contribution in [-0.4, -0.2) is 38.4 Å². The quantitative estimate of drug-likeness (QED) is 0.612. The standard InChI is InChI=1S/C7H16N2O3S/c1-7(2,13(3,11)12)5-9-6(10)4-8/h4-5,8H2,1-3H3,(H,9,10). The lowest BCUT2D eigenvalue weighted by atomic mass is 10.2. The maximum atomic E-state index is 11.2. The Morgan fingerprint density at radius 2 is 1.92 bits per heavy atom. The number of nitrogens with one attached hydrogen (secondary N) is 1. The van der Waals surface area contributed by atoms with Crippen LogP contribution in [0, 0.1) is 0 Å². The van der Waals surface area contributed by atoms with Gasteiger partial charge in [0.2, 0.25) is 5.91 Å². The van der Waals surface area contributed by atoms with Gasteiger partial charge in [-0.15, -0.1) is 0 Å². The van der Waals surface area contributed by atoms with Gasteiger partial charge in [0, 0.05) is 12.8 Å². The first-order valence-corrected chi connectivity index (χ1v) is 5.76. The molecule has 0 unspecified atom stereocenters. The first-order chi connectivity index (χ1) is 5.70. The van der Waals surface area contributed by atoms with Gasteiger partial charge in [0.15, 0.2) is 9.84 Å². The molecule has 0 saturated carbocycles. The molecule has 0 heterocycles. The Hall–Kier alpha value is -0.620. The van der Waals surface area contributed by atoms with E-state index in [1.807, 2.05) is 0 Å². The summed E-state index contributed by atoms with van der Waals surface area (Å²) in [6, 6.07) is 0. The van der Waals surface area contributed by atoms with Gasteiger partial charge in [0.25, 0.3) is 0 Å². The van der Waals surface area contributed by atoms with Crippen molar-refractivity contribution in [1.82, 2.24) is 5.32 Å². The topological polar surface area (TPSA) is 89.3 Å². The van der Waals surface area contributed by atoms with E-state index in [1.165, 1.54) is 0 Å². The molecule has 0 aliphatic rings. The third-order valence-electron chi connectivity index (χ3n) is 1.90. The van der Waals surface area contributed by atoms with E-state index in [1.54, 1.807) is 13.8 Å². The van der Waals surface area contributed by atoms with Crippen molar-refractivity contribution in [2.24, 2.45) is 5.73 Å². The zero-order valence-electron chi connectivity index (χ0n) is 8.12. The lowest BCUT2D eigenvalue weighted by molar-refractivity contribution is -0.119. The summed E-state index contributed by atoms with van der Waals surface area (Å²) in [7, 11) is -3.16. The Bertz CT molecular complexity index is 282. The monoisotopic (exact) mass is 208 g/mol. The molecule has 0 aromatic heterocycles. The summed E-state index contributed by atoms with van der Waals surface area (Å²) < 4.78 is 21.4. The number of sulfone groups is 1. The fourth-order valence-electron chi connectivity index (χ4n) is 0.515. The Morgan fingerprint density at radius 3 is 2.23 bits per heavy atom. The number of hydrogen-bond acceptors (Lipinski definition) is 4. The van der Waals surface area contributed by atoms with Crippen LogP contribution in [0.15, 0.2) is 0 Å². The molecule has 78 valence electrons. The lowest BCUT2D eigenvalue weighted by Crippen LogP contribution is -2.45. The van der Waals surface area contributed by atoms with Crippen LogP contribution in [0.4, 0.5) is 0 Å². The fourth-order valence-corrected chi connectivity index (χ4v) is 0.849. The number of nitrogens with two attached hydrogens (primary N) is 1. The molecular formula is C7H16N2O3S. The molecule has 0 aliphatic heterocycles. The highest BCUT2D eigenvalue weighted by Crippen LogP contribution is 2.12. The molecule has 1 amide bonds. The van der Waals surface area contributed by atoms with Crippen LogP contribution < -0.4 is 11.1 Å². The summed E-state index contributed by atoms with van der Waals surface area (Å²) in [6.07, 6.45) is 1.14. The highest BCUT2D eigenvalue weighted by molar-refractivity contribution is 7.92. The van der Waals surface area contributed by atoms with Crippen molar-refractivity contribution in [3.8, 4) is 0 Å². The van der Waals surface area contributed by atoms with Gasteiger partial charge in [-0.1, -0.05) is 0 Å². The van der Waals surface area contributed by atoms with Crippen molar-refractivity contribution < 1.29 is 13.2 Å². The van der Waals surface area contributed by atoms with Crippen molar-refractivity contribution in [2.75, 3.05) is 19.3 Å². The van der Waals surface area contributed by atoms with Crippen LogP contribution in [0.5, 0.6) is 0 Å². The van der Waals surface area contributed by atoms with Gasteiger partial charge in [-0.25, -0.2) is 8.42 Å². The van der Waals surface area contributed by atoms with Crippen LogP contribution in [0.3, 0.4) is 0 Å². The molecule has 3 N–H and O–H groups in total. The second kappa shape index (κ2) is 4.06. The normalized spacial score (nSPS) is 12.6. The van der Waals surface area contributed by atoms with E-state index < -0.39 is 14.6 Å². The second-order valence-corrected chi connectivity index (χ2v) is 6.16. The number of amides is 1. The van der Waals surface area contributed by atoms with Crippen LogP contribution in [0.2, 0.25) is 0 Å². The molecule has 0 radical (unpaired) electrons. The van der Waals surface area contributed by atoms with E-state index in [0.717, 1.165) is 6.26 Å². The number of carbonyl (C=O) groups is 1. The Kier molecular flexibility index (Phi) is 3.87. The first-order valence-electron chi connectivity index (χ1n) is 3.87. The van der Waals surface area contributed by atoms with E-state index in [2.05, 4.69) is 5.32 Å². The Balaban J connectivity index is 4.29. The zero-order valence-corrected chi connectivity index (χ0v) is 8.94. The van der Waals surface area contributed by atoms with Gasteiger partial charge < -0.3 is 11.1 Å². The molecule has 0 aromatic carbocycles. The lowest BCUT2D eigenvalue weighted by Gasteiger charge is -2.22. The van der Waals surface area contributed by atoms with Crippen molar-refractivity contribution >= 4 is 15.7 Å². The molecule has 5 nitrogen and oxygen atoms in total. The first kappa shape index (κ1) is 12.4. The van der Waals surface area contributed by atoms with Gasteiger partial charge in [0.1, 0.15) is 0 Å². The summed E-state index contributed by atoms with van der Waals surface area (Å²) >= 11 is 0. The summed E-state index contributed by atoms with van der Waals surface area (Å²) in [5, 5.41) is 2.44. The van der Waals surface area contributed by atoms with Crippen LogP contribution in [0.1, 0.15) is 13.8 Å². The molecule has 0 aromatic rings. The molecule has 0 saturated heterocycles. The van der Waals surface area contributed by atoms with Gasteiger partial charge in [0.05, 0.1) is 11.3 Å². The molecule has 13 heavy (non-hydrogen) atoms. The molecule has 0 fully saturated rings. The van der Waals surface area contributed by atoms with E-state index >= 15 is 0 Å². The minimum atomic E-state index is -3.16. The van der Waals surface area contributed by atoms with Gasteiger partial charge in [-0.05, 0) is 13.8 Å². The van der Waals surface area contributed by atoms with Gasteiger partial charge in [-0.2, -0.15) is 0 Å². The minimum Gasteiger partial charge on any atom is -0.353 e. The molecule has 0 spiro atoms. The van der Waals surface area contributed by atoms with E-state index in [0.29, 0.717) is 0 Å². The molecular weight excluding hydrogens is 192 g/mol. The summed E-state index contributed by atoms with van der Waals surface area (Å²) in [4.78, 5) is 10.8. The third-order valence-corrected chi connectivity index (χ3v) is 4.05. The predicted molar refractivity (Wildman–Crippen MR) is 51.0 cm³/mol. The average molecular weight is 208 g/mol. The third kappa shape index (κ3) is 3.73. The van der Waals surface area contributed by atoms with Crippen LogP contribution in [0.25, 0.3) is 0 Å². The molecule has 0 atom stereocenters. The molecule has 6 heteroatoms. The van der Waals surface area contributed by atoms with E-state index in [-0.39, 0.29) is 19.0 Å². The zero-order chi connectivity index (χ0) is 10.7. The maximum absolute atomic E-state index is 11.2. The predicted octanol–water partition coefficient (Wildman–Crippen LogP) is -1.12. The average Bonchev–Trinajstić information content (AvgIpc) is 1.98. The number of hydrogen-bond donors (Lipinski definition) is 2. The highest BCUT2D eigenvalue weighted by Gasteiger charge is 2.30. The minimum absolute atomic E-state index is 0.0852. The van der Waals surface area contributed by atoms with Crippen LogP contribution >= 0.6 is 0 Å². The summed E-state index contributed by atoms with van der Waals surface area (Å²) in [5.74, 6) is -0.350. The van der Waals surface area contributed by atoms with Crippen molar-refractivity contribution in [2.45, 2.75) is 18.6 Å². The largest absolute Gasteiger partial charge is 0.353 e. The molecule has 0 aliphatic carbocycles. The van der Waals surface area contributed by atoms with Gasteiger partial charge >= 0.3 is 0 Å². The number of rotatable bonds is 4. The molecule has 0 bridgehead atoms. The fraction of sp³-hybridized carbons (Fsp3) is 0.857. The SMILES string of the molecule is CC(C)(CNC(=O)CN)S(C)(=O)=O. The summed E-state index contributed by atoms with van der Waals surface area (Å²) in [6.45, 7) is 3.07. The second-order valence-electron chi connectivity index (χ2n) is 3.51. The van der Waals surface area contributed by atoms with E-state index in [9.17, 15) is 13.2 Å². The van der Waals surface area contributed by atoms with Crippen molar-refractivity contribution in [3.63, 3.8) is 0 Å². The highest BCUT2D eigenvalue weighted by atomic mass is 32.2. The van der Waals surface area contributed by atoms with Crippen molar-refractivity contribution in [3.05, 3.63) is 0 Å². The van der Waals surface area contributed by atoms with Gasteiger partial charge in [-0.3, -0.25) is 4.79 Å². The number of carbonyl (C=O) groups excluding carboxylic acids is 1. The summed E-state index contributed by atoms with van der Waals surface area (Å²) in [5.41, 5.74) is 5.05. The maximum Gasteiger partial charge on any atom is 0.233 e. The van der Waals surface area contributed by atoms with Crippen LogP contribution in [-0.2, 0) is 14.6 Å². The Labute approximate surface area is 78.6 Å². The van der Waals surface area contributed by atoms with E-state index in [4.69, 9.17) is 5.73 Å². The Morgan fingerprint density at radius 1 is 1.46 bits per heavy atom. The molecule has 0 rings (SSSR count). The van der Waals surface area contributed by atoms with Crippen molar-refractivity contribution in [1.29, 1.82) is 0 Å².